The lowest BCUT2D eigenvalue weighted by atomic mass is 10.1. The molecule has 0 fully saturated rings. The minimum atomic E-state index is 0.534. The molecule has 0 saturated carbocycles. The highest BCUT2D eigenvalue weighted by atomic mass is 15.3. The van der Waals surface area contributed by atoms with Crippen molar-refractivity contribution in [3.05, 3.63) is 35.5 Å². The van der Waals surface area contributed by atoms with E-state index in [1.165, 1.54) is 11.1 Å². The van der Waals surface area contributed by atoms with Crippen LogP contribution in [0.25, 0.3) is 0 Å². The summed E-state index contributed by atoms with van der Waals surface area (Å²) in [4.78, 5) is 6.52. The van der Waals surface area contributed by atoms with Crippen LogP contribution in [-0.2, 0) is 0 Å². The molecule has 0 spiro atoms. The van der Waals surface area contributed by atoms with Crippen molar-refractivity contribution < 1.29 is 0 Å². The Morgan fingerprint density at radius 1 is 1.19 bits per heavy atom. The molecule has 2 aromatic rings. The quantitative estimate of drug-likeness (QED) is 0.848. The number of likely N-dealkylation sites (N-methyl/N-ethyl adjacent to an activating group) is 1. The molecule has 2 N–H and O–H groups in total. The highest BCUT2D eigenvalue weighted by molar-refractivity contribution is 5.61. The Kier molecular flexibility index (Phi) is 5.05. The van der Waals surface area contributed by atoms with Gasteiger partial charge in [0, 0.05) is 18.8 Å². The molecule has 1 aromatic carbocycles. The summed E-state index contributed by atoms with van der Waals surface area (Å²) in [5, 5.41) is 14.4. The number of anilines is 3. The van der Waals surface area contributed by atoms with Crippen LogP contribution in [0.15, 0.2) is 24.4 Å². The molecule has 0 aliphatic rings. The summed E-state index contributed by atoms with van der Waals surface area (Å²) >= 11 is 0. The van der Waals surface area contributed by atoms with Gasteiger partial charge in [-0.3, -0.25) is 0 Å². The van der Waals surface area contributed by atoms with Crippen molar-refractivity contribution in [3.8, 4) is 0 Å². The maximum absolute atomic E-state index is 4.42. The first kappa shape index (κ1) is 15.2. The normalized spacial score (nSPS) is 10.7. The third-order valence-corrected chi connectivity index (χ3v) is 3.06. The fraction of sp³-hybridized carbons (Fsp3) is 0.400. The summed E-state index contributed by atoms with van der Waals surface area (Å²) in [5.74, 6) is 1.22. The van der Waals surface area contributed by atoms with Crippen LogP contribution in [0.4, 0.5) is 17.5 Å². The summed E-state index contributed by atoms with van der Waals surface area (Å²) in [5.41, 5.74) is 3.41. The number of rotatable bonds is 6. The van der Waals surface area contributed by atoms with Crippen LogP contribution < -0.4 is 10.6 Å². The standard InChI is InChI=1S/C15H22N6/c1-11-5-6-12(2)13(9-11)18-14-10-17-20-15(19-14)16-7-8-21(3)4/h5-6,9-10H,7-8H2,1-4H3,(H2,16,18,19,20). The lowest BCUT2D eigenvalue weighted by molar-refractivity contribution is 0.425. The zero-order valence-electron chi connectivity index (χ0n) is 13.0. The molecule has 0 radical (unpaired) electrons. The van der Waals surface area contributed by atoms with E-state index in [-0.39, 0.29) is 0 Å². The molecular formula is C15H22N6. The van der Waals surface area contributed by atoms with Gasteiger partial charge in [0.15, 0.2) is 5.82 Å². The Bertz CT molecular complexity index is 596. The number of aromatic nitrogens is 3. The van der Waals surface area contributed by atoms with Crippen molar-refractivity contribution in [3.63, 3.8) is 0 Å². The van der Waals surface area contributed by atoms with Gasteiger partial charge >= 0.3 is 0 Å². The Labute approximate surface area is 125 Å². The van der Waals surface area contributed by atoms with E-state index in [2.05, 4.69) is 62.8 Å². The van der Waals surface area contributed by atoms with Crippen LogP contribution in [0.3, 0.4) is 0 Å². The topological polar surface area (TPSA) is 66.0 Å². The average molecular weight is 286 g/mol. The third kappa shape index (κ3) is 4.68. The zero-order valence-corrected chi connectivity index (χ0v) is 13.0. The van der Waals surface area contributed by atoms with Gasteiger partial charge in [-0.15, -0.1) is 5.10 Å². The summed E-state index contributed by atoms with van der Waals surface area (Å²) in [6, 6.07) is 6.27. The molecule has 112 valence electrons. The lowest BCUT2D eigenvalue weighted by Gasteiger charge is -2.12. The van der Waals surface area contributed by atoms with Gasteiger partial charge in [0.1, 0.15) is 0 Å². The molecular weight excluding hydrogens is 264 g/mol. The molecule has 0 unspecified atom stereocenters. The van der Waals surface area contributed by atoms with E-state index >= 15 is 0 Å². The first-order valence-corrected chi connectivity index (χ1v) is 6.97. The number of hydrogen-bond donors (Lipinski definition) is 2. The van der Waals surface area contributed by atoms with Crippen LogP contribution in [0, 0.1) is 13.8 Å². The fourth-order valence-corrected chi connectivity index (χ4v) is 1.84. The number of aryl methyl sites for hydroxylation is 2. The molecule has 0 bridgehead atoms. The van der Waals surface area contributed by atoms with Gasteiger partial charge in [0.2, 0.25) is 5.95 Å². The van der Waals surface area contributed by atoms with Crippen LogP contribution in [-0.4, -0.2) is 47.3 Å². The van der Waals surface area contributed by atoms with Gasteiger partial charge in [-0.05, 0) is 45.1 Å². The molecule has 2 rings (SSSR count). The molecule has 0 atom stereocenters. The summed E-state index contributed by atoms with van der Waals surface area (Å²) in [7, 11) is 4.05. The molecule has 1 aromatic heterocycles. The number of nitrogens with one attached hydrogen (secondary N) is 2. The predicted molar refractivity (Wildman–Crippen MR) is 86.1 cm³/mol. The Morgan fingerprint density at radius 3 is 2.76 bits per heavy atom. The van der Waals surface area contributed by atoms with Crippen molar-refractivity contribution in [1.29, 1.82) is 0 Å². The van der Waals surface area contributed by atoms with Crippen LogP contribution >= 0.6 is 0 Å². The fourth-order valence-electron chi connectivity index (χ4n) is 1.84. The van der Waals surface area contributed by atoms with Crippen molar-refractivity contribution in [2.24, 2.45) is 0 Å². The lowest BCUT2D eigenvalue weighted by Crippen LogP contribution is -2.21. The predicted octanol–water partition coefficient (Wildman–Crippen LogP) is 2.21. The molecule has 0 saturated heterocycles. The Morgan fingerprint density at radius 2 is 2.00 bits per heavy atom. The second-order valence-corrected chi connectivity index (χ2v) is 5.34. The van der Waals surface area contributed by atoms with E-state index in [9.17, 15) is 0 Å². The molecule has 21 heavy (non-hydrogen) atoms. The highest BCUT2D eigenvalue weighted by Crippen LogP contribution is 2.20. The van der Waals surface area contributed by atoms with Crippen molar-refractivity contribution in [2.45, 2.75) is 13.8 Å². The van der Waals surface area contributed by atoms with Gasteiger partial charge in [-0.2, -0.15) is 10.1 Å². The smallest absolute Gasteiger partial charge is 0.244 e. The highest BCUT2D eigenvalue weighted by Gasteiger charge is 2.03. The first-order chi connectivity index (χ1) is 10.0. The maximum Gasteiger partial charge on any atom is 0.244 e. The van der Waals surface area contributed by atoms with Gasteiger partial charge in [0.25, 0.3) is 0 Å². The van der Waals surface area contributed by atoms with E-state index < -0.39 is 0 Å². The van der Waals surface area contributed by atoms with Gasteiger partial charge in [-0.25, -0.2) is 0 Å². The third-order valence-electron chi connectivity index (χ3n) is 3.06. The summed E-state index contributed by atoms with van der Waals surface area (Å²) in [6.45, 7) is 5.82. The number of benzene rings is 1. The molecule has 1 heterocycles. The van der Waals surface area contributed by atoms with E-state index in [4.69, 9.17) is 0 Å². The average Bonchev–Trinajstić information content (AvgIpc) is 2.43. The van der Waals surface area contributed by atoms with E-state index in [1.807, 2.05) is 14.1 Å². The minimum Gasteiger partial charge on any atom is -0.352 e. The van der Waals surface area contributed by atoms with E-state index in [1.54, 1.807) is 6.20 Å². The minimum absolute atomic E-state index is 0.534. The number of hydrogen-bond acceptors (Lipinski definition) is 6. The molecule has 0 amide bonds. The molecule has 0 aliphatic carbocycles. The van der Waals surface area contributed by atoms with Crippen molar-refractivity contribution >= 4 is 17.5 Å². The second kappa shape index (κ2) is 6.99. The monoisotopic (exact) mass is 286 g/mol. The number of nitrogens with zero attached hydrogens (tertiary/aromatic N) is 4. The molecule has 0 aliphatic heterocycles. The largest absolute Gasteiger partial charge is 0.352 e. The zero-order chi connectivity index (χ0) is 15.2. The summed E-state index contributed by atoms with van der Waals surface area (Å²) < 4.78 is 0. The first-order valence-electron chi connectivity index (χ1n) is 6.97. The van der Waals surface area contributed by atoms with E-state index in [0.29, 0.717) is 11.8 Å². The van der Waals surface area contributed by atoms with Crippen LogP contribution in [0.5, 0.6) is 0 Å². The Balaban J connectivity index is 2.05. The van der Waals surface area contributed by atoms with Gasteiger partial charge < -0.3 is 15.5 Å². The Hall–Kier alpha value is -2.21. The molecule has 6 heteroatoms. The SMILES string of the molecule is Cc1ccc(C)c(Nc2cnnc(NCCN(C)C)n2)c1. The van der Waals surface area contributed by atoms with Gasteiger partial charge in [-0.1, -0.05) is 12.1 Å². The molecule has 6 nitrogen and oxygen atoms in total. The summed E-state index contributed by atoms with van der Waals surface area (Å²) in [6.07, 6.45) is 1.62. The van der Waals surface area contributed by atoms with Gasteiger partial charge in [0.05, 0.1) is 6.20 Å². The van der Waals surface area contributed by atoms with Crippen LogP contribution in [0.1, 0.15) is 11.1 Å². The van der Waals surface area contributed by atoms with Crippen LogP contribution in [0.2, 0.25) is 0 Å². The second-order valence-electron chi connectivity index (χ2n) is 5.34. The maximum atomic E-state index is 4.42. The van der Waals surface area contributed by atoms with Crippen molar-refractivity contribution in [2.75, 3.05) is 37.8 Å². The van der Waals surface area contributed by atoms with Crippen molar-refractivity contribution in [1.82, 2.24) is 20.1 Å². The van der Waals surface area contributed by atoms with E-state index in [0.717, 1.165) is 18.8 Å².